The van der Waals surface area contributed by atoms with Crippen LogP contribution in [0, 0.1) is 0 Å². The Morgan fingerprint density at radius 1 is 1.35 bits per heavy atom. The molecule has 0 spiro atoms. The van der Waals surface area contributed by atoms with Crippen LogP contribution >= 0.6 is 0 Å². The number of ether oxygens (including phenoxy) is 1. The predicted molar refractivity (Wildman–Crippen MR) is 76.6 cm³/mol. The number of alkyl halides is 3. The highest BCUT2D eigenvalue weighted by atomic mass is 19.4. The lowest BCUT2D eigenvalue weighted by Gasteiger charge is -2.55. The first-order valence-corrected chi connectivity index (χ1v) is 7.95. The lowest BCUT2D eigenvalue weighted by molar-refractivity contribution is -0.248. The molecule has 2 fully saturated rings. The zero-order valence-corrected chi connectivity index (χ0v) is 13.0. The van der Waals surface area contributed by atoms with Crippen molar-refractivity contribution in [3.63, 3.8) is 0 Å². The van der Waals surface area contributed by atoms with Crippen molar-refractivity contribution in [3.8, 4) is 0 Å². The molecule has 0 amide bonds. The maximum Gasteiger partial charge on any atom is 0.411 e. The number of rotatable bonds is 4. The number of aromatic nitrogens is 2. The summed E-state index contributed by atoms with van der Waals surface area (Å²) < 4.78 is 44.7. The van der Waals surface area contributed by atoms with E-state index in [2.05, 4.69) is 10.00 Å². The zero-order chi connectivity index (χ0) is 16.7. The van der Waals surface area contributed by atoms with Crippen LogP contribution in [0.25, 0.3) is 0 Å². The standard InChI is InChI=1S/C15H22F3N3O2/c1-14(21-8-3-7-19-21)13(23-10-15(16,17)18)12(22)6-9-20(14)11-4-2-5-11/h3,7-8,11-13,22H,2,4-6,9-10H2,1H3. The van der Waals surface area contributed by atoms with Crippen LogP contribution in [-0.2, 0) is 10.4 Å². The summed E-state index contributed by atoms with van der Waals surface area (Å²) >= 11 is 0. The molecular formula is C15H22F3N3O2. The Labute approximate surface area is 133 Å². The molecule has 0 bridgehead atoms. The Balaban J connectivity index is 1.91. The minimum absolute atomic E-state index is 0.300. The number of halogens is 3. The molecule has 3 rings (SSSR count). The molecule has 23 heavy (non-hydrogen) atoms. The average molecular weight is 333 g/mol. The first kappa shape index (κ1) is 16.7. The Morgan fingerprint density at radius 2 is 2.09 bits per heavy atom. The molecule has 1 aromatic heterocycles. The first-order chi connectivity index (χ1) is 10.8. The van der Waals surface area contributed by atoms with E-state index in [1.54, 1.807) is 23.1 Å². The summed E-state index contributed by atoms with van der Waals surface area (Å²) in [7, 11) is 0. The Kier molecular flexibility index (Phi) is 4.41. The fourth-order valence-corrected chi connectivity index (χ4v) is 3.68. The third-order valence-electron chi connectivity index (χ3n) is 5.05. The van der Waals surface area contributed by atoms with Crippen molar-refractivity contribution in [2.24, 2.45) is 0 Å². The van der Waals surface area contributed by atoms with Gasteiger partial charge in [-0.3, -0.25) is 4.90 Å². The summed E-state index contributed by atoms with van der Waals surface area (Å²) in [5.41, 5.74) is -0.933. The maximum atomic E-state index is 12.6. The third-order valence-corrected chi connectivity index (χ3v) is 5.05. The molecular weight excluding hydrogens is 311 g/mol. The highest BCUT2D eigenvalue weighted by molar-refractivity contribution is 5.02. The molecule has 0 aromatic carbocycles. The second kappa shape index (κ2) is 6.07. The van der Waals surface area contributed by atoms with Crippen LogP contribution in [-0.4, -0.2) is 57.4 Å². The highest BCUT2D eigenvalue weighted by Crippen LogP contribution is 2.41. The molecule has 1 saturated heterocycles. The smallest absolute Gasteiger partial charge is 0.390 e. The number of aliphatic hydroxyl groups is 1. The van der Waals surface area contributed by atoms with Crippen molar-refractivity contribution in [1.82, 2.24) is 14.7 Å². The molecule has 2 heterocycles. The fraction of sp³-hybridized carbons (Fsp3) is 0.800. The van der Waals surface area contributed by atoms with Gasteiger partial charge < -0.3 is 9.84 Å². The molecule has 3 unspecified atom stereocenters. The molecule has 130 valence electrons. The van der Waals surface area contributed by atoms with Gasteiger partial charge in [0.15, 0.2) is 0 Å². The first-order valence-electron chi connectivity index (χ1n) is 7.95. The lowest BCUT2D eigenvalue weighted by Crippen LogP contribution is -2.68. The minimum atomic E-state index is -4.43. The van der Waals surface area contributed by atoms with Crippen molar-refractivity contribution in [2.75, 3.05) is 13.2 Å². The van der Waals surface area contributed by atoms with E-state index in [1.165, 1.54) is 0 Å². The van der Waals surface area contributed by atoms with Gasteiger partial charge in [0, 0.05) is 25.0 Å². The maximum absolute atomic E-state index is 12.6. The van der Waals surface area contributed by atoms with Gasteiger partial charge in [0.25, 0.3) is 0 Å². The lowest BCUT2D eigenvalue weighted by atomic mass is 9.83. The monoisotopic (exact) mass is 333 g/mol. The average Bonchev–Trinajstić information content (AvgIpc) is 2.93. The van der Waals surface area contributed by atoms with Crippen molar-refractivity contribution in [1.29, 1.82) is 0 Å². The van der Waals surface area contributed by atoms with E-state index < -0.39 is 30.7 Å². The van der Waals surface area contributed by atoms with Gasteiger partial charge in [0.1, 0.15) is 18.4 Å². The van der Waals surface area contributed by atoms with Gasteiger partial charge in [-0.05, 0) is 32.3 Å². The van der Waals surface area contributed by atoms with E-state index in [9.17, 15) is 18.3 Å². The van der Waals surface area contributed by atoms with Gasteiger partial charge in [-0.1, -0.05) is 6.42 Å². The van der Waals surface area contributed by atoms with Crippen molar-refractivity contribution in [2.45, 2.75) is 62.7 Å². The summed E-state index contributed by atoms with van der Waals surface area (Å²) in [5, 5.41) is 14.6. The Hall–Kier alpha value is -1.12. The molecule has 8 heteroatoms. The van der Waals surface area contributed by atoms with Crippen LogP contribution in [0.1, 0.15) is 32.6 Å². The zero-order valence-electron chi connectivity index (χ0n) is 13.0. The molecule has 3 atom stereocenters. The van der Waals surface area contributed by atoms with E-state index in [-0.39, 0.29) is 0 Å². The van der Waals surface area contributed by atoms with E-state index >= 15 is 0 Å². The van der Waals surface area contributed by atoms with E-state index in [0.29, 0.717) is 19.0 Å². The normalized spacial score (nSPS) is 33.6. The minimum Gasteiger partial charge on any atom is -0.390 e. The van der Waals surface area contributed by atoms with Gasteiger partial charge in [-0.25, -0.2) is 4.68 Å². The van der Waals surface area contributed by atoms with E-state index in [1.807, 2.05) is 6.92 Å². The number of nitrogens with zero attached hydrogens (tertiary/aromatic N) is 3. The highest BCUT2D eigenvalue weighted by Gasteiger charge is 2.53. The third kappa shape index (κ3) is 3.12. The largest absolute Gasteiger partial charge is 0.411 e. The predicted octanol–water partition coefficient (Wildman–Crippen LogP) is 2.12. The second-order valence-corrected chi connectivity index (χ2v) is 6.53. The van der Waals surface area contributed by atoms with Crippen molar-refractivity contribution in [3.05, 3.63) is 18.5 Å². The van der Waals surface area contributed by atoms with Crippen LogP contribution in [0.5, 0.6) is 0 Å². The van der Waals surface area contributed by atoms with Crippen LogP contribution in [0.15, 0.2) is 18.5 Å². The van der Waals surface area contributed by atoms with Crippen LogP contribution < -0.4 is 0 Å². The number of hydrogen-bond donors (Lipinski definition) is 1. The van der Waals surface area contributed by atoms with E-state index in [0.717, 1.165) is 19.3 Å². The van der Waals surface area contributed by atoms with Gasteiger partial charge in [0.2, 0.25) is 0 Å². The van der Waals surface area contributed by atoms with Gasteiger partial charge in [0.05, 0.1) is 6.10 Å². The fourth-order valence-electron chi connectivity index (χ4n) is 3.68. The van der Waals surface area contributed by atoms with E-state index in [4.69, 9.17) is 4.74 Å². The Bertz CT molecular complexity index is 519. The SMILES string of the molecule is CC1(n2cccn2)C(OCC(F)(F)F)C(O)CCN1C1CCC1. The van der Waals surface area contributed by atoms with Crippen LogP contribution in [0.2, 0.25) is 0 Å². The molecule has 1 saturated carbocycles. The summed E-state index contributed by atoms with van der Waals surface area (Å²) in [6.45, 7) is 1.06. The molecule has 5 nitrogen and oxygen atoms in total. The van der Waals surface area contributed by atoms with Gasteiger partial charge in [-0.2, -0.15) is 18.3 Å². The molecule has 1 aromatic rings. The van der Waals surface area contributed by atoms with Gasteiger partial charge in [-0.15, -0.1) is 0 Å². The number of aliphatic hydroxyl groups excluding tert-OH is 1. The van der Waals surface area contributed by atoms with Crippen molar-refractivity contribution < 1.29 is 23.0 Å². The molecule has 1 aliphatic heterocycles. The summed E-state index contributed by atoms with van der Waals surface area (Å²) in [5.74, 6) is 0. The Morgan fingerprint density at radius 3 is 2.61 bits per heavy atom. The van der Waals surface area contributed by atoms with Crippen LogP contribution in [0.3, 0.4) is 0 Å². The molecule has 2 aliphatic rings. The van der Waals surface area contributed by atoms with Crippen molar-refractivity contribution >= 4 is 0 Å². The summed E-state index contributed by atoms with van der Waals surface area (Å²) in [6, 6.07) is 2.03. The topological polar surface area (TPSA) is 50.5 Å². The number of hydrogen-bond acceptors (Lipinski definition) is 4. The van der Waals surface area contributed by atoms with Crippen LogP contribution in [0.4, 0.5) is 13.2 Å². The van der Waals surface area contributed by atoms with Gasteiger partial charge >= 0.3 is 6.18 Å². The quantitative estimate of drug-likeness (QED) is 0.917. The molecule has 1 N–H and O–H groups in total. The number of likely N-dealkylation sites (tertiary alicyclic amines) is 1. The second-order valence-electron chi connectivity index (χ2n) is 6.53. The molecule has 0 radical (unpaired) electrons. The number of piperidine rings is 1. The summed E-state index contributed by atoms with van der Waals surface area (Å²) in [4.78, 5) is 2.15. The molecule has 1 aliphatic carbocycles. The summed E-state index contributed by atoms with van der Waals surface area (Å²) in [6.07, 6.45) is 0.477.